The SMILES string of the molecule is CC(NC(=O)C(C)c1ccccc1)c1ccc(CN)cc1. The topological polar surface area (TPSA) is 55.1 Å². The minimum Gasteiger partial charge on any atom is -0.349 e. The molecule has 2 rings (SSSR count). The van der Waals surface area contributed by atoms with Gasteiger partial charge in [-0.3, -0.25) is 4.79 Å². The summed E-state index contributed by atoms with van der Waals surface area (Å²) in [7, 11) is 0. The van der Waals surface area contributed by atoms with Crippen LogP contribution in [0, 0.1) is 0 Å². The maximum Gasteiger partial charge on any atom is 0.227 e. The lowest BCUT2D eigenvalue weighted by atomic mass is 9.99. The van der Waals surface area contributed by atoms with Gasteiger partial charge in [0.25, 0.3) is 0 Å². The monoisotopic (exact) mass is 282 g/mol. The molecule has 0 spiro atoms. The molecule has 0 saturated heterocycles. The maximum absolute atomic E-state index is 12.3. The van der Waals surface area contributed by atoms with Crippen LogP contribution < -0.4 is 11.1 Å². The molecule has 0 aliphatic heterocycles. The molecule has 0 heterocycles. The number of carbonyl (C=O) groups is 1. The summed E-state index contributed by atoms with van der Waals surface area (Å²) in [6, 6.07) is 17.8. The van der Waals surface area contributed by atoms with E-state index in [0.29, 0.717) is 6.54 Å². The summed E-state index contributed by atoms with van der Waals surface area (Å²) in [4.78, 5) is 12.3. The van der Waals surface area contributed by atoms with Crippen LogP contribution in [-0.2, 0) is 11.3 Å². The van der Waals surface area contributed by atoms with Gasteiger partial charge in [0.15, 0.2) is 0 Å². The molecular weight excluding hydrogens is 260 g/mol. The van der Waals surface area contributed by atoms with E-state index in [1.807, 2.05) is 68.4 Å². The Morgan fingerprint density at radius 3 is 2.19 bits per heavy atom. The Kier molecular flexibility index (Phi) is 5.12. The predicted molar refractivity (Wildman–Crippen MR) is 85.7 cm³/mol. The predicted octanol–water partition coefficient (Wildman–Crippen LogP) is 3.13. The molecule has 3 nitrogen and oxygen atoms in total. The summed E-state index contributed by atoms with van der Waals surface area (Å²) in [5.41, 5.74) is 8.80. The van der Waals surface area contributed by atoms with Crippen molar-refractivity contribution in [1.29, 1.82) is 0 Å². The van der Waals surface area contributed by atoms with Gasteiger partial charge in [0.1, 0.15) is 0 Å². The largest absolute Gasteiger partial charge is 0.349 e. The Morgan fingerprint density at radius 1 is 1.00 bits per heavy atom. The van der Waals surface area contributed by atoms with Gasteiger partial charge >= 0.3 is 0 Å². The second-order valence-corrected chi connectivity index (χ2v) is 5.31. The maximum atomic E-state index is 12.3. The highest BCUT2D eigenvalue weighted by Gasteiger charge is 2.17. The normalized spacial score (nSPS) is 13.5. The van der Waals surface area contributed by atoms with Gasteiger partial charge in [-0.15, -0.1) is 0 Å². The van der Waals surface area contributed by atoms with Crippen LogP contribution >= 0.6 is 0 Å². The van der Waals surface area contributed by atoms with E-state index in [9.17, 15) is 4.79 Å². The fraction of sp³-hybridized carbons (Fsp3) is 0.278. The van der Waals surface area contributed by atoms with Crippen LogP contribution in [0.3, 0.4) is 0 Å². The first-order valence-corrected chi connectivity index (χ1v) is 7.26. The van der Waals surface area contributed by atoms with Gasteiger partial charge in [-0.1, -0.05) is 54.6 Å². The zero-order valence-electron chi connectivity index (χ0n) is 12.5. The first-order chi connectivity index (χ1) is 10.1. The minimum absolute atomic E-state index is 0.0181. The fourth-order valence-corrected chi connectivity index (χ4v) is 2.26. The van der Waals surface area contributed by atoms with Crippen molar-refractivity contribution in [3.8, 4) is 0 Å². The number of carbonyl (C=O) groups excluding carboxylic acids is 1. The van der Waals surface area contributed by atoms with E-state index in [1.165, 1.54) is 0 Å². The molecule has 21 heavy (non-hydrogen) atoms. The first kappa shape index (κ1) is 15.3. The first-order valence-electron chi connectivity index (χ1n) is 7.26. The Bertz CT molecular complexity index is 578. The highest BCUT2D eigenvalue weighted by atomic mass is 16.1. The highest BCUT2D eigenvalue weighted by molar-refractivity contribution is 5.83. The summed E-state index contributed by atoms with van der Waals surface area (Å²) in [5, 5.41) is 3.06. The Hall–Kier alpha value is -2.13. The van der Waals surface area contributed by atoms with Gasteiger partial charge in [0.2, 0.25) is 5.91 Å². The quantitative estimate of drug-likeness (QED) is 0.885. The zero-order chi connectivity index (χ0) is 15.2. The van der Waals surface area contributed by atoms with Crippen molar-refractivity contribution in [3.05, 3.63) is 71.3 Å². The number of hydrogen-bond acceptors (Lipinski definition) is 2. The van der Waals surface area contributed by atoms with Crippen LogP contribution in [0.25, 0.3) is 0 Å². The number of nitrogens with two attached hydrogens (primary N) is 1. The summed E-state index contributed by atoms with van der Waals surface area (Å²) in [6.07, 6.45) is 0. The van der Waals surface area contributed by atoms with Crippen LogP contribution in [-0.4, -0.2) is 5.91 Å². The second-order valence-electron chi connectivity index (χ2n) is 5.31. The molecule has 3 heteroatoms. The van der Waals surface area contributed by atoms with Gasteiger partial charge in [0.05, 0.1) is 12.0 Å². The number of nitrogens with one attached hydrogen (secondary N) is 1. The van der Waals surface area contributed by atoms with Crippen LogP contribution in [0.15, 0.2) is 54.6 Å². The molecule has 0 aliphatic rings. The number of benzene rings is 2. The number of amides is 1. The second kappa shape index (κ2) is 7.04. The van der Waals surface area contributed by atoms with Crippen molar-refractivity contribution in [2.45, 2.75) is 32.4 Å². The Balaban J connectivity index is 2.01. The molecule has 110 valence electrons. The molecule has 1 amide bonds. The zero-order valence-corrected chi connectivity index (χ0v) is 12.5. The Morgan fingerprint density at radius 2 is 1.62 bits per heavy atom. The van der Waals surface area contributed by atoms with Crippen LogP contribution in [0.1, 0.15) is 42.5 Å². The molecule has 0 bridgehead atoms. The molecule has 2 aromatic carbocycles. The van der Waals surface area contributed by atoms with Gasteiger partial charge in [-0.25, -0.2) is 0 Å². The van der Waals surface area contributed by atoms with Gasteiger partial charge < -0.3 is 11.1 Å². The third-order valence-corrected chi connectivity index (χ3v) is 3.77. The fourth-order valence-electron chi connectivity index (χ4n) is 2.26. The van der Waals surface area contributed by atoms with E-state index in [4.69, 9.17) is 5.73 Å². The van der Waals surface area contributed by atoms with Crippen molar-refractivity contribution < 1.29 is 4.79 Å². The van der Waals surface area contributed by atoms with E-state index < -0.39 is 0 Å². The van der Waals surface area contributed by atoms with E-state index in [0.717, 1.165) is 16.7 Å². The van der Waals surface area contributed by atoms with Gasteiger partial charge in [0, 0.05) is 6.54 Å². The smallest absolute Gasteiger partial charge is 0.227 e. The van der Waals surface area contributed by atoms with E-state index in [-0.39, 0.29) is 17.9 Å². The summed E-state index contributed by atoms with van der Waals surface area (Å²) in [6.45, 7) is 4.45. The molecule has 0 saturated carbocycles. The molecule has 0 aliphatic carbocycles. The van der Waals surface area contributed by atoms with Crippen molar-refractivity contribution >= 4 is 5.91 Å². The van der Waals surface area contributed by atoms with Crippen LogP contribution in [0.4, 0.5) is 0 Å². The van der Waals surface area contributed by atoms with Crippen molar-refractivity contribution in [2.75, 3.05) is 0 Å². The van der Waals surface area contributed by atoms with Crippen LogP contribution in [0.2, 0.25) is 0 Å². The highest BCUT2D eigenvalue weighted by Crippen LogP contribution is 2.18. The van der Waals surface area contributed by atoms with Crippen LogP contribution in [0.5, 0.6) is 0 Å². The van der Waals surface area contributed by atoms with Gasteiger partial charge in [-0.05, 0) is 30.5 Å². The average Bonchev–Trinajstić information content (AvgIpc) is 2.55. The molecule has 3 N–H and O–H groups in total. The van der Waals surface area contributed by atoms with Crippen molar-refractivity contribution in [3.63, 3.8) is 0 Å². The summed E-state index contributed by atoms with van der Waals surface area (Å²) < 4.78 is 0. The van der Waals surface area contributed by atoms with E-state index in [1.54, 1.807) is 0 Å². The molecule has 2 atom stereocenters. The van der Waals surface area contributed by atoms with Crippen molar-refractivity contribution in [2.24, 2.45) is 5.73 Å². The summed E-state index contributed by atoms with van der Waals surface area (Å²) in [5.74, 6) is -0.117. The molecule has 0 radical (unpaired) electrons. The summed E-state index contributed by atoms with van der Waals surface area (Å²) >= 11 is 0. The molecular formula is C18H22N2O. The third-order valence-electron chi connectivity index (χ3n) is 3.77. The number of rotatable bonds is 5. The molecule has 2 aromatic rings. The minimum atomic E-state index is -0.156. The average molecular weight is 282 g/mol. The van der Waals surface area contributed by atoms with Crippen molar-refractivity contribution in [1.82, 2.24) is 5.32 Å². The standard InChI is InChI=1S/C18H22N2O/c1-13(16-6-4-3-5-7-16)18(21)20-14(2)17-10-8-15(12-19)9-11-17/h3-11,13-14H,12,19H2,1-2H3,(H,20,21). The number of hydrogen-bond donors (Lipinski definition) is 2. The molecule has 0 aromatic heterocycles. The van der Waals surface area contributed by atoms with E-state index in [2.05, 4.69) is 5.32 Å². The lowest BCUT2D eigenvalue weighted by Gasteiger charge is -2.18. The molecule has 2 unspecified atom stereocenters. The Labute approximate surface area is 126 Å². The third kappa shape index (κ3) is 3.92. The van der Waals surface area contributed by atoms with E-state index >= 15 is 0 Å². The lowest BCUT2D eigenvalue weighted by Crippen LogP contribution is -2.30. The van der Waals surface area contributed by atoms with Gasteiger partial charge in [-0.2, -0.15) is 0 Å². The lowest BCUT2D eigenvalue weighted by molar-refractivity contribution is -0.122. The molecule has 0 fully saturated rings.